The number of hydrogen-bond acceptors (Lipinski definition) is 1. The molecule has 0 amide bonds. The Hall–Kier alpha value is -0.590. The van der Waals surface area contributed by atoms with Gasteiger partial charge < -0.3 is 0 Å². The SMILES string of the molecule is CC(=O)[C@H]1CCC2C3CC=C4CC(C)CCC4C3CC[C@@]21C. The van der Waals surface area contributed by atoms with E-state index in [2.05, 4.69) is 19.9 Å². The molecule has 0 aliphatic heterocycles. The molecule has 4 rings (SSSR count). The van der Waals surface area contributed by atoms with E-state index < -0.39 is 0 Å². The van der Waals surface area contributed by atoms with Gasteiger partial charge in [-0.05, 0) is 93.3 Å². The molecular formula is C21H32O. The predicted molar refractivity (Wildman–Crippen MR) is 90.4 cm³/mol. The summed E-state index contributed by atoms with van der Waals surface area (Å²) < 4.78 is 0. The van der Waals surface area contributed by atoms with E-state index in [1.165, 1.54) is 44.9 Å². The molecule has 3 saturated carbocycles. The third-order valence-electron chi connectivity index (χ3n) is 8.18. The first-order valence-corrected chi connectivity index (χ1v) is 9.70. The van der Waals surface area contributed by atoms with Crippen LogP contribution >= 0.6 is 0 Å². The summed E-state index contributed by atoms with van der Waals surface area (Å²) in [6.45, 7) is 6.72. The van der Waals surface area contributed by atoms with Gasteiger partial charge in [-0.15, -0.1) is 0 Å². The van der Waals surface area contributed by atoms with E-state index in [0.29, 0.717) is 17.1 Å². The van der Waals surface area contributed by atoms with Gasteiger partial charge in [-0.2, -0.15) is 0 Å². The highest BCUT2D eigenvalue weighted by Crippen LogP contribution is 2.63. The molecule has 0 N–H and O–H groups in total. The van der Waals surface area contributed by atoms with Gasteiger partial charge in [0.05, 0.1) is 0 Å². The molecule has 4 aliphatic rings. The number of hydrogen-bond donors (Lipinski definition) is 0. The maximum Gasteiger partial charge on any atom is 0.133 e. The van der Waals surface area contributed by atoms with E-state index in [0.717, 1.165) is 36.0 Å². The first kappa shape index (κ1) is 15.0. The van der Waals surface area contributed by atoms with E-state index in [1.807, 2.05) is 12.5 Å². The van der Waals surface area contributed by atoms with Crippen molar-refractivity contribution in [3.63, 3.8) is 0 Å². The Kier molecular flexibility index (Phi) is 3.55. The van der Waals surface area contributed by atoms with Gasteiger partial charge in [0.25, 0.3) is 0 Å². The third kappa shape index (κ3) is 2.07. The summed E-state index contributed by atoms with van der Waals surface area (Å²) in [5.41, 5.74) is 2.13. The molecule has 0 bridgehead atoms. The maximum atomic E-state index is 12.1. The Morgan fingerprint density at radius 2 is 1.95 bits per heavy atom. The Balaban J connectivity index is 1.61. The van der Waals surface area contributed by atoms with Crippen molar-refractivity contribution < 1.29 is 4.79 Å². The molecule has 5 unspecified atom stereocenters. The van der Waals surface area contributed by atoms with Crippen molar-refractivity contribution in [2.75, 3.05) is 0 Å². The van der Waals surface area contributed by atoms with Gasteiger partial charge in [0.1, 0.15) is 5.78 Å². The highest BCUT2D eigenvalue weighted by Gasteiger charge is 2.56. The standard InChI is InChI=1S/C21H32O/c1-13-4-6-16-15(12-13)5-7-18-17(16)10-11-21(3)19(14(2)22)8-9-20(18)21/h5,13,16-20H,4,6-12H2,1-3H3/t13?,16?,17?,18?,19-,20?,21-/m1/s1. The molecule has 1 nitrogen and oxygen atoms in total. The summed E-state index contributed by atoms with van der Waals surface area (Å²) in [6.07, 6.45) is 13.4. The van der Waals surface area contributed by atoms with Gasteiger partial charge in [-0.3, -0.25) is 4.79 Å². The Labute approximate surface area is 135 Å². The monoisotopic (exact) mass is 300 g/mol. The van der Waals surface area contributed by atoms with Crippen molar-refractivity contribution in [2.24, 2.45) is 40.9 Å². The number of carbonyl (C=O) groups is 1. The van der Waals surface area contributed by atoms with Crippen LogP contribution in [0.25, 0.3) is 0 Å². The zero-order valence-electron chi connectivity index (χ0n) is 14.6. The lowest BCUT2D eigenvalue weighted by atomic mass is 9.51. The lowest BCUT2D eigenvalue weighted by molar-refractivity contribution is -0.126. The highest BCUT2D eigenvalue weighted by molar-refractivity contribution is 5.79. The van der Waals surface area contributed by atoms with Crippen molar-refractivity contribution in [3.8, 4) is 0 Å². The molecule has 0 aromatic heterocycles. The zero-order chi connectivity index (χ0) is 15.5. The molecule has 122 valence electrons. The number of fused-ring (bicyclic) bond motifs is 5. The van der Waals surface area contributed by atoms with E-state index in [4.69, 9.17) is 0 Å². The van der Waals surface area contributed by atoms with Crippen molar-refractivity contribution in [1.29, 1.82) is 0 Å². The van der Waals surface area contributed by atoms with E-state index in [-0.39, 0.29) is 0 Å². The molecule has 0 radical (unpaired) electrons. The second kappa shape index (κ2) is 5.21. The van der Waals surface area contributed by atoms with Crippen LogP contribution in [-0.4, -0.2) is 5.78 Å². The maximum absolute atomic E-state index is 12.1. The first-order chi connectivity index (χ1) is 10.5. The normalized spacial score (nSPS) is 50.6. The fourth-order valence-corrected chi connectivity index (χ4v) is 7.14. The van der Waals surface area contributed by atoms with Gasteiger partial charge in [-0.25, -0.2) is 0 Å². The van der Waals surface area contributed by atoms with Crippen molar-refractivity contribution in [2.45, 2.75) is 72.1 Å². The highest BCUT2D eigenvalue weighted by atomic mass is 16.1. The second-order valence-electron chi connectivity index (χ2n) is 9.23. The third-order valence-corrected chi connectivity index (χ3v) is 8.18. The van der Waals surface area contributed by atoms with Crippen LogP contribution in [0.4, 0.5) is 0 Å². The van der Waals surface area contributed by atoms with E-state index in [9.17, 15) is 4.79 Å². The van der Waals surface area contributed by atoms with Crippen LogP contribution in [0.3, 0.4) is 0 Å². The summed E-state index contributed by atoms with van der Waals surface area (Å²) in [4.78, 5) is 12.1. The van der Waals surface area contributed by atoms with Gasteiger partial charge >= 0.3 is 0 Å². The van der Waals surface area contributed by atoms with Gasteiger partial charge in [0.2, 0.25) is 0 Å². The lowest BCUT2D eigenvalue weighted by Crippen LogP contribution is -2.46. The van der Waals surface area contributed by atoms with Crippen LogP contribution < -0.4 is 0 Å². The van der Waals surface area contributed by atoms with Crippen molar-refractivity contribution >= 4 is 5.78 Å². The topological polar surface area (TPSA) is 17.1 Å². The number of carbonyl (C=O) groups excluding carboxylic acids is 1. The number of rotatable bonds is 1. The predicted octanol–water partition coefficient (Wildman–Crippen LogP) is 5.40. The molecule has 7 atom stereocenters. The molecule has 0 spiro atoms. The molecule has 4 aliphatic carbocycles. The minimum absolute atomic E-state index is 0.320. The summed E-state index contributed by atoms with van der Waals surface area (Å²) >= 11 is 0. The van der Waals surface area contributed by atoms with Gasteiger partial charge in [0, 0.05) is 5.92 Å². The van der Waals surface area contributed by atoms with E-state index in [1.54, 1.807) is 0 Å². The van der Waals surface area contributed by atoms with Crippen LogP contribution in [0.2, 0.25) is 0 Å². The average molecular weight is 300 g/mol. The average Bonchev–Trinajstić information content (AvgIpc) is 2.84. The van der Waals surface area contributed by atoms with Crippen molar-refractivity contribution in [3.05, 3.63) is 11.6 Å². The van der Waals surface area contributed by atoms with Gasteiger partial charge in [-0.1, -0.05) is 25.5 Å². The fourth-order valence-electron chi connectivity index (χ4n) is 7.14. The Bertz CT molecular complexity index is 504. The van der Waals surface area contributed by atoms with Crippen LogP contribution in [0.15, 0.2) is 11.6 Å². The van der Waals surface area contributed by atoms with Crippen LogP contribution in [0, 0.1) is 40.9 Å². The van der Waals surface area contributed by atoms with Crippen LogP contribution in [0.1, 0.15) is 72.1 Å². The molecule has 0 aromatic carbocycles. The Morgan fingerprint density at radius 1 is 1.14 bits per heavy atom. The Morgan fingerprint density at radius 3 is 2.73 bits per heavy atom. The summed E-state index contributed by atoms with van der Waals surface area (Å²) in [7, 11) is 0. The van der Waals surface area contributed by atoms with Crippen molar-refractivity contribution in [1.82, 2.24) is 0 Å². The molecule has 0 heterocycles. The first-order valence-electron chi connectivity index (χ1n) is 9.70. The lowest BCUT2D eigenvalue weighted by Gasteiger charge is -2.53. The molecule has 1 heteroatoms. The van der Waals surface area contributed by atoms with Gasteiger partial charge in [0.15, 0.2) is 0 Å². The summed E-state index contributed by atoms with van der Waals surface area (Å²) in [5, 5.41) is 0. The smallest absolute Gasteiger partial charge is 0.133 e. The minimum Gasteiger partial charge on any atom is -0.300 e. The minimum atomic E-state index is 0.320. The molecule has 22 heavy (non-hydrogen) atoms. The molecule has 0 aromatic rings. The second-order valence-corrected chi connectivity index (χ2v) is 9.23. The van der Waals surface area contributed by atoms with Crippen LogP contribution in [-0.2, 0) is 4.79 Å². The largest absolute Gasteiger partial charge is 0.300 e. The van der Waals surface area contributed by atoms with Crippen LogP contribution in [0.5, 0.6) is 0 Å². The summed E-state index contributed by atoms with van der Waals surface area (Å²) in [6, 6.07) is 0. The molecular weight excluding hydrogens is 268 g/mol. The number of Topliss-reactive ketones (excluding diaryl/α,β-unsaturated/α-hetero) is 1. The number of ketones is 1. The molecule has 3 fully saturated rings. The van der Waals surface area contributed by atoms with E-state index >= 15 is 0 Å². The summed E-state index contributed by atoms with van der Waals surface area (Å²) in [5.74, 6) is 5.26. The zero-order valence-corrected chi connectivity index (χ0v) is 14.6. The molecule has 0 saturated heterocycles. The number of allylic oxidation sites excluding steroid dienone is 2. The quantitative estimate of drug-likeness (QED) is 0.592. The fraction of sp³-hybridized carbons (Fsp3) is 0.857.